The molecular weight excluding hydrogens is 128 g/mol. The molecule has 1 fully saturated rings. The average Bonchev–Trinajstić information content (AvgIpc) is 1.92. The van der Waals surface area contributed by atoms with E-state index in [0.717, 1.165) is 13.1 Å². The Kier molecular flexibility index (Phi) is 4.60. The number of hydrogen-bond acceptors (Lipinski definition) is 3. The Bertz CT molecular complexity index is 75.7. The predicted molar refractivity (Wildman–Crippen MR) is 42.6 cm³/mol. The molecule has 0 atom stereocenters. The van der Waals surface area contributed by atoms with E-state index < -0.39 is 5.72 Å². The van der Waals surface area contributed by atoms with Gasteiger partial charge in [0.1, 0.15) is 5.72 Å². The predicted octanol–water partition coefficient (Wildman–Crippen LogP) is 0.0433. The Balaban J connectivity index is 0.000000371. The minimum Gasteiger partial charge on any atom is -0.376 e. The standard InChI is InChI=1S/C5H12N2O.C2H6/c6-5(8)1-3-7-4-2-5;1-2/h7-8H,1-4,6H2;1-2H3. The molecule has 0 spiro atoms. The highest BCUT2D eigenvalue weighted by molar-refractivity contribution is 4.77. The number of nitrogens with two attached hydrogens (primary N) is 1. The molecule has 0 bridgehead atoms. The third kappa shape index (κ3) is 3.82. The van der Waals surface area contributed by atoms with Crippen LogP contribution in [0.15, 0.2) is 0 Å². The van der Waals surface area contributed by atoms with Crippen LogP contribution < -0.4 is 11.1 Å². The Morgan fingerprint density at radius 3 is 1.90 bits per heavy atom. The molecule has 0 aromatic heterocycles. The summed E-state index contributed by atoms with van der Waals surface area (Å²) >= 11 is 0. The van der Waals surface area contributed by atoms with Gasteiger partial charge in [0, 0.05) is 12.8 Å². The summed E-state index contributed by atoms with van der Waals surface area (Å²) in [5.41, 5.74) is 4.51. The minimum absolute atomic E-state index is 0.674. The fourth-order valence-corrected chi connectivity index (χ4v) is 0.860. The molecule has 10 heavy (non-hydrogen) atoms. The number of piperidine rings is 1. The van der Waals surface area contributed by atoms with Crippen LogP contribution in [0, 0.1) is 0 Å². The lowest BCUT2D eigenvalue weighted by Crippen LogP contribution is -2.48. The van der Waals surface area contributed by atoms with E-state index in [1.807, 2.05) is 13.8 Å². The molecule has 0 aromatic carbocycles. The molecule has 0 aromatic rings. The largest absolute Gasteiger partial charge is 0.376 e. The van der Waals surface area contributed by atoms with E-state index in [0.29, 0.717) is 12.8 Å². The fraction of sp³-hybridized carbons (Fsp3) is 1.00. The highest BCUT2D eigenvalue weighted by atomic mass is 16.3. The summed E-state index contributed by atoms with van der Waals surface area (Å²) in [6.45, 7) is 5.68. The molecule has 4 N–H and O–H groups in total. The molecule has 1 aliphatic rings. The molecule has 62 valence electrons. The first-order chi connectivity index (χ1) is 4.71. The van der Waals surface area contributed by atoms with Gasteiger partial charge in [0.05, 0.1) is 0 Å². The molecule has 1 rings (SSSR count). The van der Waals surface area contributed by atoms with E-state index in [9.17, 15) is 0 Å². The lowest BCUT2D eigenvalue weighted by Gasteiger charge is -2.27. The van der Waals surface area contributed by atoms with Crippen molar-refractivity contribution in [2.24, 2.45) is 5.73 Å². The Morgan fingerprint density at radius 2 is 1.70 bits per heavy atom. The minimum atomic E-state index is -0.884. The van der Waals surface area contributed by atoms with E-state index in [-0.39, 0.29) is 0 Å². The first-order valence-corrected chi connectivity index (χ1v) is 3.93. The van der Waals surface area contributed by atoms with Gasteiger partial charge in [0.2, 0.25) is 0 Å². The quantitative estimate of drug-likeness (QED) is 0.423. The van der Waals surface area contributed by atoms with Crippen LogP contribution in [0.1, 0.15) is 26.7 Å². The highest BCUT2D eigenvalue weighted by Gasteiger charge is 2.22. The monoisotopic (exact) mass is 146 g/mol. The fourth-order valence-electron chi connectivity index (χ4n) is 0.860. The summed E-state index contributed by atoms with van der Waals surface area (Å²) in [5, 5.41) is 12.2. The summed E-state index contributed by atoms with van der Waals surface area (Å²) < 4.78 is 0. The van der Waals surface area contributed by atoms with Gasteiger partial charge in [-0.25, -0.2) is 0 Å². The van der Waals surface area contributed by atoms with E-state index >= 15 is 0 Å². The SMILES string of the molecule is CC.NC1(O)CCNCC1. The van der Waals surface area contributed by atoms with Crippen LogP contribution in [-0.4, -0.2) is 23.9 Å². The summed E-state index contributed by atoms with van der Waals surface area (Å²) in [6.07, 6.45) is 1.35. The Hall–Kier alpha value is -0.120. The Morgan fingerprint density at radius 1 is 1.30 bits per heavy atom. The van der Waals surface area contributed by atoms with Gasteiger partial charge in [-0.15, -0.1) is 0 Å². The van der Waals surface area contributed by atoms with Gasteiger partial charge in [-0.3, -0.25) is 0 Å². The summed E-state index contributed by atoms with van der Waals surface area (Å²) in [5.74, 6) is 0. The van der Waals surface area contributed by atoms with Gasteiger partial charge in [-0.1, -0.05) is 13.8 Å². The maximum absolute atomic E-state index is 9.11. The number of hydrogen-bond donors (Lipinski definition) is 3. The van der Waals surface area contributed by atoms with E-state index in [4.69, 9.17) is 10.8 Å². The van der Waals surface area contributed by atoms with Crippen molar-refractivity contribution >= 4 is 0 Å². The molecule has 1 saturated heterocycles. The van der Waals surface area contributed by atoms with Crippen molar-refractivity contribution in [1.29, 1.82) is 0 Å². The van der Waals surface area contributed by atoms with Crippen molar-refractivity contribution in [3.8, 4) is 0 Å². The van der Waals surface area contributed by atoms with Gasteiger partial charge in [-0.2, -0.15) is 0 Å². The van der Waals surface area contributed by atoms with Crippen molar-refractivity contribution in [1.82, 2.24) is 5.32 Å². The van der Waals surface area contributed by atoms with Crippen LogP contribution in [0.2, 0.25) is 0 Å². The number of aliphatic hydroxyl groups is 1. The average molecular weight is 146 g/mol. The van der Waals surface area contributed by atoms with Crippen molar-refractivity contribution in [2.45, 2.75) is 32.4 Å². The summed E-state index contributed by atoms with van der Waals surface area (Å²) in [4.78, 5) is 0. The maximum Gasteiger partial charge on any atom is 0.115 e. The molecule has 0 saturated carbocycles. The molecule has 1 heterocycles. The van der Waals surface area contributed by atoms with Crippen LogP contribution in [-0.2, 0) is 0 Å². The first kappa shape index (κ1) is 9.88. The molecule has 1 aliphatic heterocycles. The lowest BCUT2D eigenvalue weighted by atomic mass is 10.0. The highest BCUT2D eigenvalue weighted by Crippen LogP contribution is 2.08. The van der Waals surface area contributed by atoms with Crippen molar-refractivity contribution < 1.29 is 5.11 Å². The molecule has 0 radical (unpaired) electrons. The number of rotatable bonds is 0. The van der Waals surface area contributed by atoms with Gasteiger partial charge >= 0.3 is 0 Å². The topological polar surface area (TPSA) is 58.3 Å². The zero-order valence-corrected chi connectivity index (χ0v) is 6.85. The van der Waals surface area contributed by atoms with Gasteiger partial charge in [0.25, 0.3) is 0 Å². The normalized spacial score (nSPS) is 22.8. The van der Waals surface area contributed by atoms with Crippen LogP contribution in [0.25, 0.3) is 0 Å². The van der Waals surface area contributed by atoms with E-state index in [1.54, 1.807) is 0 Å². The second-order valence-electron chi connectivity index (χ2n) is 2.35. The molecular formula is C7H18N2O. The van der Waals surface area contributed by atoms with Crippen LogP contribution in [0.3, 0.4) is 0 Å². The van der Waals surface area contributed by atoms with Crippen molar-refractivity contribution in [3.05, 3.63) is 0 Å². The van der Waals surface area contributed by atoms with E-state index in [2.05, 4.69) is 5.32 Å². The van der Waals surface area contributed by atoms with Gasteiger partial charge in [0.15, 0.2) is 0 Å². The second-order valence-corrected chi connectivity index (χ2v) is 2.35. The van der Waals surface area contributed by atoms with Crippen molar-refractivity contribution in [2.75, 3.05) is 13.1 Å². The molecule has 0 aliphatic carbocycles. The third-order valence-corrected chi connectivity index (χ3v) is 1.47. The zero-order chi connectivity index (χ0) is 8.04. The van der Waals surface area contributed by atoms with Gasteiger partial charge in [-0.05, 0) is 13.1 Å². The molecule has 0 unspecified atom stereocenters. The Labute approximate surface area is 62.6 Å². The number of nitrogens with one attached hydrogen (secondary N) is 1. The lowest BCUT2D eigenvalue weighted by molar-refractivity contribution is 0.0168. The summed E-state index contributed by atoms with van der Waals surface area (Å²) in [7, 11) is 0. The summed E-state index contributed by atoms with van der Waals surface area (Å²) in [6, 6.07) is 0. The molecule has 3 nitrogen and oxygen atoms in total. The van der Waals surface area contributed by atoms with Crippen LogP contribution in [0.4, 0.5) is 0 Å². The van der Waals surface area contributed by atoms with Crippen LogP contribution >= 0.6 is 0 Å². The zero-order valence-electron chi connectivity index (χ0n) is 6.85. The van der Waals surface area contributed by atoms with Gasteiger partial charge < -0.3 is 16.2 Å². The molecule has 3 heteroatoms. The van der Waals surface area contributed by atoms with E-state index in [1.165, 1.54) is 0 Å². The first-order valence-electron chi connectivity index (χ1n) is 3.93. The smallest absolute Gasteiger partial charge is 0.115 e. The maximum atomic E-state index is 9.11. The molecule has 0 amide bonds. The third-order valence-electron chi connectivity index (χ3n) is 1.47. The van der Waals surface area contributed by atoms with Crippen LogP contribution in [0.5, 0.6) is 0 Å². The second kappa shape index (κ2) is 4.66. The van der Waals surface area contributed by atoms with Crippen molar-refractivity contribution in [3.63, 3.8) is 0 Å².